The number of anilines is 1. The minimum Gasteiger partial charge on any atom is -0.456 e. The van der Waals surface area contributed by atoms with Crippen molar-refractivity contribution in [2.24, 2.45) is 5.92 Å². The Kier molecular flexibility index (Phi) is 6.55. The molecule has 0 saturated heterocycles. The molecule has 1 aromatic carbocycles. The van der Waals surface area contributed by atoms with Gasteiger partial charge in [0.25, 0.3) is 5.91 Å². The zero-order valence-corrected chi connectivity index (χ0v) is 14.6. The summed E-state index contributed by atoms with van der Waals surface area (Å²) in [6, 6.07) is 10.6. The van der Waals surface area contributed by atoms with Crippen LogP contribution in [0.5, 0.6) is 0 Å². The maximum Gasteiger partial charge on any atom is 0.319 e. The van der Waals surface area contributed by atoms with Gasteiger partial charge >= 0.3 is 12.0 Å². The summed E-state index contributed by atoms with van der Waals surface area (Å²) in [6.07, 6.45) is 1.75. The predicted octanol–water partition coefficient (Wildman–Crippen LogP) is 1.55. The van der Waals surface area contributed by atoms with Gasteiger partial charge in [0.1, 0.15) is 5.54 Å². The van der Waals surface area contributed by atoms with Crippen LogP contribution in [0.15, 0.2) is 30.3 Å². The van der Waals surface area contributed by atoms with Gasteiger partial charge in [-0.3, -0.25) is 9.59 Å². The number of esters is 1. The number of rotatable bonds is 8. The number of urea groups is 1. The Bertz CT molecular complexity index is 697. The Morgan fingerprint density at radius 3 is 2.58 bits per heavy atom. The van der Waals surface area contributed by atoms with Crippen molar-refractivity contribution in [3.05, 3.63) is 30.3 Å². The second-order valence-electron chi connectivity index (χ2n) is 6.29. The largest absolute Gasteiger partial charge is 0.456 e. The van der Waals surface area contributed by atoms with E-state index in [0.717, 1.165) is 12.8 Å². The maximum absolute atomic E-state index is 11.8. The SMILES string of the molecule is C[C@@](C#N)(NC(=O)COC(=O)CCNC(=O)Nc1ccccc1)C1CC1. The van der Waals surface area contributed by atoms with Crippen LogP contribution in [0.3, 0.4) is 0 Å². The Labute approximate surface area is 151 Å². The molecule has 1 aromatic rings. The molecule has 0 aromatic heterocycles. The van der Waals surface area contributed by atoms with Gasteiger partial charge in [0.15, 0.2) is 6.61 Å². The molecule has 0 spiro atoms. The van der Waals surface area contributed by atoms with E-state index in [9.17, 15) is 19.6 Å². The van der Waals surface area contributed by atoms with Crippen LogP contribution in [0.4, 0.5) is 10.5 Å². The first-order chi connectivity index (χ1) is 12.4. The Hall–Kier alpha value is -3.08. The van der Waals surface area contributed by atoms with Crippen molar-refractivity contribution in [3.63, 3.8) is 0 Å². The fourth-order valence-corrected chi connectivity index (χ4v) is 2.40. The normalized spacial score (nSPS) is 15.1. The molecule has 1 aliphatic rings. The van der Waals surface area contributed by atoms with Gasteiger partial charge in [0.05, 0.1) is 12.5 Å². The molecule has 8 nitrogen and oxygen atoms in total. The van der Waals surface area contributed by atoms with Crippen LogP contribution in [0.25, 0.3) is 0 Å². The fourth-order valence-electron chi connectivity index (χ4n) is 2.40. The summed E-state index contributed by atoms with van der Waals surface area (Å²) >= 11 is 0. The summed E-state index contributed by atoms with van der Waals surface area (Å²) in [4.78, 5) is 35.1. The van der Waals surface area contributed by atoms with E-state index in [2.05, 4.69) is 22.0 Å². The number of benzene rings is 1. The molecule has 1 saturated carbocycles. The average Bonchev–Trinajstić information content (AvgIpc) is 3.46. The van der Waals surface area contributed by atoms with Crippen molar-refractivity contribution in [3.8, 4) is 6.07 Å². The number of nitrogens with zero attached hydrogens (tertiary/aromatic N) is 1. The smallest absolute Gasteiger partial charge is 0.319 e. The van der Waals surface area contributed by atoms with Crippen LogP contribution in [0, 0.1) is 17.2 Å². The zero-order chi connectivity index (χ0) is 19.0. The minimum atomic E-state index is -0.916. The van der Waals surface area contributed by atoms with E-state index in [1.54, 1.807) is 31.2 Å². The first-order valence-electron chi connectivity index (χ1n) is 8.41. The molecule has 8 heteroatoms. The highest BCUT2D eigenvalue weighted by Crippen LogP contribution is 2.39. The average molecular weight is 358 g/mol. The number of amides is 3. The molecule has 0 heterocycles. The van der Waals surface area contributed by atoms with Crippen molar-refractivity contribution >= 4 is 23.6 Å². The number of nitriles is 1. The van der Waals surface area contributed by atoms with Crippen molar-refractivity contribution in [2.75, 3.05) is 18.5 Å². The lowest BCUT2D eigenvalue weighted by atomic mass is 9.98. The standard InChI is InChI=1S/C18H22N4O4/c1-18(12-19,13-7-8-13)22-15(23)11-26-16(24)9-10-20-17(25)21-14-5-3-2-4-6-14/h2-6,13H,7-11H2,1H3,(H,22,23)(H2,20,21,25)/t18-/m0/s1. The van der Waals surface area contributed by atoms with Gasteiger partial charge in [0.2, 0.25) is 0 Å². The number of nitrogens with one attached hydrogen (secondary N) is 3. The molecule has 2 rings (SSSR count). The van der Waals surface area contributed by atoms with Crippen molar-refractivity contribution in [1.82, 2.24) is 10.6 Å². The summed E-state index contributed by atoms with van der Waals surface area (Å²) in [7, 11) is 0. The number of para-hydroxylation sites is 1. The third kappa shape index (κ3) is 6.09. The topological polar surface area (TPSA) is 120 Å². The van der Waals surface area contributed by atoms with Crippen molar-refractivity contribution in [1.29, 1.82) is 5.26 Å². The number of hydrogen-bond acceptors (Lipinski definition) is 5. The molecule has 0 radical (unpaired) electrons. The Morgan fingerprint density at radius 1 is 1.27 bits per heavy atom. The number of hydrogen-bond donors (Lipinski definition) is 3. The molecule has 1 aliphatic carbocycles. The van der Waals surface area contributed by atoms with Crippen LogP contribution < -0.4 is 16.0 Å². The van der Waals surface area contributed by atoms with E-state index < -0.39 is 30.1 Å². The summed E-state index contributed by atoms with van der Waals surface area (Å²) in [6.45, 7) is 1.30. The van der Waals surface area contributed by atoms with Crippen LogP contribution in [0.2, 0.25) is 0 Å². The van der Waals surface area contributed by atoms with Gasteiger partial charge in [-0.1, -0.05) is 18.2 Å². The maximum atomic E-state index is 11.8. The molecular weight excluding hydrogens is 336 g/mol. The van der Waals surface area contributed by atoms with Crippen LogP contribution in [-0.4, -0.2) is 36.6 Å². The lowest BCUT2D eigenvalue weighted by Gasteiger charge is -2.22. The lowest BCUT2D eigenvalue weighted by molar-refractivity contribution is -0.148. The van der Waals surface area contributed by atoms with E-state index in [0.29, 0.717) is 5.69 Å². The van der Waals surface area contributed by atoms with Gasteiger partial charge in [-0.2, -0.15) is 5.26 Å². The van der Waals surface area contributed by atoms with Gasteiger partial charge < -0.3 is 20.7 Å². The molecule has 3 amide bonds. The molecule has 0 bridgehead atoms. The van der Waals surface area contributed by atoms with Crippen LogP contribution >= 0.6 is 0 Å². The van der Waals surface area contributed by atoms with E-state index in [4.69, 9.17) is 4.74 Å². The van der Waals surface area contributed by atoms with E-state index in [-0.39, 0.29) is 18.9 Å². The number of carbonyl (C=O) groups excluding carboxylic acids is 3. The summed E-state index contributed by atoms with van der Waals surface area (Å²) in [5.74, 6) is -0.964. The highest BCUT2D eigenvalue weighted by Gasteiger charge is 2.43. The molecule has 1 fully saturated rings. The predicted molar refractivity (Wildman–Crippen MR) is 93.9 cm³/mol. The van der Waals surface area contributed by atoms with Crippen LogP contribution in [0.1, 0.15) is 26.2 Å². The molecular formula is C18H22N4O4. The molecule has 3 N–H and O–H groups in total. The third-order valence-corrected chi connectivity index (χ3v) is 4.04. The zero-order valence-electron chi connectivity index (χ0n) is 14.6. The second-order valence-corrected chi connectivity index (χ2v) is 6.29. The quantitative estimate of drug-likeness (QED) is 0.609. The summed E-state index contributed by atoms with van der Waals surface area (Å²) in [5.41, 5.74) is -0.277. The third-order valence-electron chi connectivity index (χ3n) is 4.04. The monoisotopic (exact) mass is 358 g/mol. The van der Waals surface area contributed by atoms with Gasteiger partial charge in [-0.25, -0.2) is 4.79 Å². The summed E-state index contributed by atoms with van der Waals surface area (Å²) < 4.78 is 4.86. The highest BCUT2D eigenvalue weighted by molar-refractivity contribution is 5.89. The van der Waals surface area contributed by atoms with Gasteiger partial charge in [-0.15, -0.1) is 0 Å². The minimum absolute atomic E-state index is 0.0619. The number of ether oxygens (including phenoxy) is 1. The molecule has 138 valence electrons. The second kappa shape index (κ2) is 8.85. The molecule has 0 unspecified atom stereocenters. The van der Waals surface area contributed by atoms with E-state index >= 15 is 0 Å². The fraction of sp³-hybridized carbons (Fsp3) is 0.444. The van der Waals surface area contributed by atoms with Crippen LogP contribution in [-0.2, 0) is 14.3 Å². The lowest BCUT2D eigenvalue weighted by Crippen LogP contribution is -2.48. The first-order valence-corrected chi connectivity index (χ1v) is 8.41. The molecule has 26 heavy (non-hydrogen) atoms. The molecule has 1 atom stereocenters. The number of carbonyl (C=O) groups is 3. The van der Waals surface area contributed by atoms with E-state index in [1.165, 1.54) is 0 Å². The van der Waals surface area contributed by atoms with Crippen molar-refractivity contribution < 1.29 is 19.1 Å². The van der Waals surface area contributed by atoms with E-state index in [1.807, 2.05) is 6.07 Å². The summed E-state index contributed by atoms with van der Waals surface area (Å²) in [5, 5.41) is 16.9. The first kappa shape index (κ1) is 19.2. The van der Waals surface area contributed by atoms with Crippen molar-refractivity contribution in [2.45, 2.75) is 31.7 Å². The highest BCUT2D eigenvalue weighted by atomic mass is 16.5. The van der Waals surface area contributed by atoms with Gasteiger partial charge in [0, 0.05) is 12.2 Å². The van der Waals surface area contributed by atoms with Gasteiger partial charge in [-0.05, 0) is 37.8 Å². The Balaban J connectivity index is 1.60. The molecule has 0 aliphatic heterocycles. The Morgan fingerprint density at radius 2 is 1.96 bits per heavy atom.